The summed E-state index contributed by atoms with van der Waals surface area (Å²) in [6, 6.07) is 0. The number of rotatable bonds is 13. The second-order valence-corrected chi connectivity index (χ2v) is 4.76. The summed E-state index contributed by atoms with van der Waals surface area (Å²) in [7, 11) is 0. The van der Waals surface area contributed by atoms with Gasteiger partial charge in [0.2, 0.25) is 0 Å². The molecule has 0 amide bonds. The minimum absolute atomic E-state index is 0.209. The van der Waals surface area contributed by atoms with Crippen LogP contribution in [0.2, 0.25) is 0 Å². The molecule has 0 radical (unpaired) electrons. The van der Waals surface area contributed by atoms with E-state index in [1.165, 1.54) is 0 Å². The van der Waals surface area contributed by atoms with Gasteiger partial charge in [-0.15, -0.1) is 6.58 Å². The number of allylic oxidation sites excluding steroid dienone is 11. The first-order chi connectivity index (χ1) is 10.8. The van der Waals surface area contributed by atoms with Crippen molar-refractivity contribution < 1.29 is 9.90 Å². The Labute approximate surface area is 134 Å². The molecule has 2 heteroatoms. The molecule has 0 aliphatic rings. The Morgan fingerprint density at radius 1 is 0.682 bits per heavy atom. The van der Waals surface area contributed by atoms with Crippen molar-refractivity contribution >= 4 is 5.97 Å². The Kier molecular flexibility index (Phi) is 15.4. The Balaban J connectivity index is 3.49. The van der Waals surface area contributed by atoms with E-state index in [4.69, 9.17) is 5.11 Å². The second kappa shape index (κ2) is 17.0. The first-order valence-electron chi connectivity index (χ1n) is 7.85. The molecule has 2 nitrogen and oxygen atoms in total. The van der Waals surface area contributed by atoms with Crippen molar-refractivity contribution in [2.75, 3.05) is 0 Å². The Morgan fingerprint density at radius 2 is 1.05 bits per heavy atom. The lowest BCUT2D eigenvalue weighted by atomic mass is 10.2. The van der Waals surface area contributed by atoms with Gasteiger partial charge in [-0.05, 0) is 38.5 Å². The molecule has 0 fully saturated rings. The minimum Gasteiger partial charge on any atom is -0.481 e. The maximum atomic E-state index is 10.3. The summed E-state index contributed by atoms with van der Waals surface area (Å²) in [5.74, 6) is -0.743. The molecule has 0 spiro atoms. The first-order valence-corrected chi connectivity index (χ1v) is 7.85. The van der Waals surface area contributed by atoms with E-state index in [0.29, 0.717) is 6.42 Å². The van der Waals surface area contributed by atoms with E-state index in [1.807, 2.05) is 18.2 Å². The average molecular weight is 300 g/mol. The van der Waals surface area contributed by atoms with Crippen molar-refractivity contribution in [1.29, 1.82) is 0 Å². The number of carboxylic acid groups (broad SMARTS) is 1. The van der Waals surface area contributed by atoms with E-state index in [2.05, 4.69) is 55.2 Å². The highest BCUT2D eigenvalue weighted by atomic mass is 16.4. The molecule has 0 aromatic carbocycles. The molecule has 0 bridgehead atoms. The zero-order chi connectivity index (χ0) is 16.3. The monoisotopic (exact) mass is 300 g/mol. The Hall–Kier alpha value is -2.09. The van der Waals surface area contributed by atoms with Gasteiger partial charge in [0.1, 0.15) is 0 Å². The molecular formula is C20H28O2. The smallest absolute Gasteiger partial charge is 0.303 e. The lowest BCUT2D eigenvalue weighted by Crippen LogP contribution is -1.91. The van der Waals surface area contributed by atoms with Gasteiger partial charge in [0.25, 0.3) is 0 Å². The van der Waals surface area contributed by atoms with Gasteiger partial charge in [-0.25, -0.2) is 0 Å². The molecule has 0 unspecified atom stereocenters. The fraction of sp³-hybridized carbons (Fsp3) is 0.350. The van der Waals surface area contributed by atoms with Crippen LogP contribution in [0, 0.1) is 0 Å². The number of carbonyl (C=O) groups is 1. The summed E-state index contributed by atoms with van der Waals surface area (Å²) in [6.45, 7) is 3.67. The van der Waals surface area contributed by atoms with Crippen LogP contribution in [0.15, 0.2) is 73.4 Å². The van der Waals surface area contributed by atoms with Crippen molar-refractivity contribution in [3.63, 3.8) is 0 Å². The fourth-order valence-corrected chi connectivity index (χ4v) is 1.60. The van der Waals surface area contributed by atoms with Crippen LogP contribution in [0.1, 0.15) is 44.9 Å². The van der Waals surface area contributed by atoms with Crippen LogP contribution in [-0.4, -0.2) is 11.1 Å². The summed E-state index contributed by atoms with van der Waals surface area (Å²) < 4.78 is 0. The van der Waals surface area contributed by atoms with Crippen LogP contribution in [-0.2, 0) is 4.79 Å². The largest absolute Gasteiger partial charge is 0.481 e. The van der Waals surface area contributed by atoms with Gasteiger partial charge in [0, 0.05) is 6.42 Å². The molecule has 0 aliphatic carbocycles. The quantitative estimate of drug-likeness (QED) is 0.438. The number of aliphatic carboxylic acids is 1. The third-order valence-electron chi connectivity index (χ3n) is 2.75. The molecule has 120 valence electrons. The summed E-state index contributed by atoms with van der Waals surface area (Å²) >= 11 is 0. The predicted molar refractivity (Wildman–Crippen MR) is 95.9 cm³/mol. The van der Waals surface area contributed by atoms with Crippen LogP contribution >= 0.6 is 0 Å². The third kappa shape index (κ3) is 17.9. The highest BCUT2D eigenvalue weighted by Gasteiger charge is 1.90. The summed E-state index contributed by atoms with van der Waals surface area (Å²) in [5, 5.41) is 8.47. The number of hydrogen-bond acceptors (Lipinski definition) is 1. The van der Waals surface area contributed by atoms with Crippen LogP contribution in [0.4, 0.5) is 0 Å². The molecule has 1 N–H and O–H groups in total. The zero-order valence-electron chi connectivity index (χ0n) is 13.4. The highest BCUT2D eigenvalue weighted by Crippen LogP contribution is 1.97. The molecule has 0 heterocycles. The van der Waals surface area contributed by atoms with E-state index in [1.54, 1.807) is 0 Å². The van der Waals surface area contributed by atoms with Crippen LogP contribution in [0.5, 0.6) is 0 Å². The lowest BCUT2D eigenvalue weighted by Gasteiger charge is -1.87. The number of hydrogen-bond donors (Lipinski definition) is 1. The maximum Gasteiger partial charge on any atom is 0.303 e. The molecule has 0 rings (SSSR count). The van der Waals surface area contributed by atoms with Crippen LogP contribution in [0.25, 0.3) is 0 Å². The van der Waals surface area contributed by atoms with Crippen molar-refractivity contribution in [2.45, 2.75) is 44.9 Å². The summed E-state index contributed by atoms with van der Waals surface area (Å²) in [5.41, 5.74) is 0. The molecule has 0 aromatic heterocycles. The van der Waals surface area contributed by atoms with Gasteiger partial charge in [-0.1, -0.05) is 66.8 Å². The topological polar surface area (TPSA) is 37.3 Å². The molecule has 0 aromatic rings. The zero-order valence-corrected chi connectivity index (χ0v) is 13.4. The standard InChI is InChI=1S/C20H28O2/c1-2-3-4-5-6-7-8-9-10-11-12-13-14-15-16-17-18-19-20(21)22/h2,4-5,7-8,10-11,13-14,16-17H,1,3,6,9,12,15,18-19H2,(H,21,22)/b5-4+,8-7+,11-10+,14-13+,17-16+. The van der Waals surface area contributed by atoms with Gasteiger partial charge in [0.15, 0.2) is 0 Å². The van der Waals surface area contributed by atoms with E-state index < -0.39 is 5.97 Å². The fourth-order valence-electron chi connectivity index (χ4n) is 1.60. The van der Waals surface area contributed by atoms with Crippen LogP contribution in [0.3, 0.4) is 0 Å². The molecule has 0 atom stereocenters. The normalized spacial score (nSPS) is 12.5. The molecule has 0 aliphatic heterocycles. The van der Waals surface area contributed by atoms with E-state index in [0.717, 1.165) is 32.1 Å². The summed E-state index contributed by atoms with van der Waals surface area (Å²) in [6.07, 6.45) is 28.5. The Morgan fingerprint density at radius 3 is 1.41 bits per heavy atom. The van der Waals surface area contributed by atoms with E-state index in [9.17, 15) is 4.79 Å². The SMILES string of the molecule is C=CC/C=C/C/C=C/C/C=C/C/C=C/C/C=C/CCC(=O)O. The average Bonchev–Trinajstić information content (AvgIpc) is 2.50. The van der Waals surface area contributed by atoms with Gasteiger partial charge in [-0.3, -0.25) is 4.79 Å². The molecule has 22 heavy (non-hydrogen) atoms. The van der Waals surface area contributed by atoms with Gasteiger partial charge < -0.3 is 5.11 Å². The van der Waals surface area contributed by atoms with Crippen molar-refractivity contribution in [3.8, 4) is 0 Å². The summed E-state index contributed by atoms with van der Waals surface area (Å²) in [4.78, 5) is 10.3. The van der Waals surface area contributed by atoms with Crippen molar-refractivity contribution in [3.05, 3.63) is 73.4 Å². The van der Waals surface area contributed by atoms with Crippen molar-refractivity contribution in [2.24, 2.45) is 0 Å². The van der Waals surface area contributed by atoms with E-state index >= 15 is 0 Å². The van der Waals surface area contributed by atoms with E-state index in [-0.39, 0.29) is 6.42 Å². The third-order valence-corrected chi connectivity index (χ3v) is 2.75. The van der Waals surface area contributed by atoms with Crippen molar-refractivity contribution in [1.82, 2.24) is 0 Å². The first kappa shape index (κ1) is 19.9. The van der Waals surface area contributed by atoms with Gasteiger partial charge in [0.05, 0.1) is 0 Å². The minimum atomic E-state index is -0.743. The van der Waals surface area contributed by atoms with Crippen LogP contribution < -0.4 is 0 Å². The van der Waals surface area contributed by atoms with Gasteiger partial charge >= 0.3 is 5.97 Å². The Bertz CT molecular complexity index is 423. The second-order valence-electron chi connectivity index (χ2n) is 4.76. The molecule has 0 saturated heterocycles. The predicted octanol–water partition coefficient (Wildman–Crippen LogP) is 5.77. The number of carboxylic acids is 1. The molecule has 0 saturated carbocycles. The maximum absolute atomic E-state index is 10.3. The highest BCUT2D eigenvalue weighted by molar-refractivity contribution is 5.66. The van der Waals surface area contributed by atoms with Gasteiger partial charge in [-0.2, -0.15) is 0 Å². The molecular weight excluding hydrogens is 272 g/mol. The lowest BCUT2D eigenvalue weighted by molar-refractivity contribution is -0.136.